The first kappa shape index (κ1) is 27.4. The zero-order valence-corrected chi connectivity index (χ0v) is 20.0. The number of aliphatic hydroxyl groups is 1. The van der Waals surface area contributed by atoms with Crippen molar-refractivity contribution in [1.82, 2.24) is 4.31 Å². The van der Waals surface area contributed by atoms with Crippen LogP contribution in [0.2, 0.25) is 0 Å². The smallest absolute Gasteiger partial charge is 0.370 e. The van der Waals surface area contributed by atoms with Crippen LogP contribution >= 0.6 is 11.3 Å². The van der Waals surface area contributed by atoms with Crippen molar-refractivity contribution >= 4 is 31.2 Å². The topological polar surface area (TPSA) is 91.8 Å². The summed E-state index contributed by atoms with van der Waals surface area (Å²) >= 11 is 0.596. The van der Waals surface area contributed by atoms with Crippen LogP contribution in [-0.4, -0.2) is 57.3 Å². The Bertz CT molecular complexity index is 1350. The molecular weight excluding hydrogens is 544 g/mol. The summed E-state index contributed by atoms with van der Waals surface area (Å²) in [5.41, 5.74) is -6.60. The molecule has 1 N–H and O–H groups in total. The van der Waals surface area contributed by atoms with Gasteiger partial charge in [-0.1, -0.05) is 36.4 Å². The molecule has 0 aliphatic heterocycles. The molecule has 1 aliphatic carbocycles. The van der Waals surface area contributed by atoms with Gasteiger partial charge in [-0.2, -0.15) is 30.6 Å². The zero-order valence-electron chi connectivity index (χ0n) is 17.6. The van der Waals surface area contributed by atoms with E-state index >= 15 is 0 Å². The minimum Gasteiger partial charge on any atom is -0.370 e. The molecule has 0 bridgehead atoms. The number of benzene rings is 1. The van der Waals surface area contributed by atoms with Gasteiger partial charge in [0, 0.05) is 18.5 Å². The van der Waals surface area contributed by atoms with Crippen molar-refractivity contribution in [2.24, 2.45) is 0 Å². The summed E-state index contributed by atoms with van der Waals surface area (Å²) in [6.45, 7) is 0. The molecule has 2 aromatic rings. The maximum Gasteiger partial charge on any atom is 0.430 e. The number of sulfonamides is 1. The van der Waals surface area contributed by atoms with E-state index in [1.165, 1.54) is 24.3 Å². The van der Waals surface area contributed by atoms with Crippen LogP contribution in [0.3, 0.4) is 0 Å². The SMILES string of the molecule is CN(C1C=CC(C(O)(C(F)(F)F)C(F)(F)F)=CC1)S(=O)(=O)c1cc(S(=O)(=O)c2ccccc2)cs1. The fourth-order valence-electron chi connectivity index (χ4n) is 3.27. The van der Waals surface area contributed by atoms with Crippen molar-refractivity contribution in [1.29, 1.82) is 0 Å². The number of hydrogen-bond acceptors (Lipinski definition) is 6. The highest BCUT2D eigenvalue weighted by Crippen LogP contribution is 2.48. The van der Waals surface area contributed by atoms with Crippen molar-refractivity contribution in [3.63, 3.8) is 0 Å². The third kappa shape index (κ3) is 4.79. The second-order valence-corrected chi connectivity index (χ2v) is 12.6. The Morgan fingerprint density at radius 3 is 2.03 bits per heavy atom. The van der Waals surface area contributed by atoms with Crippen molar-refractivity contribution in [3.8, 4) is 0 Å². The van der Waals surface area contributed by atoms with Crippen LogP contribution in [0.15, 0.2) is 79.6 Å². The molecule has 1 unspecified atom stereocenters. The van der Waals surface area contributed by atoms with Gasteiger partial charge in [-0.3, -0.25) is 0 Å². The molecule has 1 heterocycles. The Hall–Kier alpha value is -2.20. The molecule has 15 heteroatoms. The molecule has 0 spiro atoms. The van der Waals surface area contributed by atoms with E-state index in [1.807, 2.05) is 0 Å². The average Bonchev–Trinajstić information content (AvgIpc) is 3.29. The van der Waals surface area contributed by atoms with E-state index in [0.29, 0.717) is 27.8 Å². The van der Waals surface area contributed by atoms with Gasteiger partial charge in [-0.05, 0) is 30.2 Å². The van der Waals surface area contributed by atoms with Crippen LogP contribution in [0.25, 0.3) is 0 Å². The summed E-state index contributed by atoms with van der Waals surface area (Å²) in [5.74, 6) is 0. The number of hydrogen-bond donors (Lipinski definition) is 1. The van der Waals surface area contributed by atoms with E-state index in [9.17, 15) is 48.3 Å². The molecule has 0 fully saturated rings. The highest BCUT2D eigenvalue weighted by atomic mass is 32.2. The number of likely N-dealkylation sites (N-methyl/N-ethyl adjacent to an activating group) is 1. The number of sulfone groups is 1. The van der Waals surface area contributed by atoms with Crippen LogP contribution in [0.4, 0.5) is 26.3 Å². The molecule has 0 radical (unpaired) electrons. The minimum atomic E-state index is -6.07. The summed E-state index contributed by atoms with van der Waals surface area (Å²) in [7, 11) is -7.34. The molecule has 192 valence electrons. The quantitative estimate of drug-likeness (QED) is 0.531. The van der Waals surface area contributed by atoms with Gasteiger partial charge in [-0.25, -0.2) is 16.8 Å². The highest BCUT2D eigenvalue weighted by Gasteiger charge is 2.72. The summed E-state index contributed by atoms with van der Waals surface area (Å²) < 4.78 is 130. The van der Waals surface area contributed by atoms with Crippen LogP contribution in [-0.2, 0) is 19.9 Å². The Morgan fingerprint density at radius 2 is 1.54 bits per heavy atom. The van der Waals surface area contributed by atoms with Gasteiger partial charge in [-0.15, -0.1) is 11.3 Å². The second kappa shape index (κ2) is 9.03. The first-order valence-electron chi connectivity index (χ1n) is 9.55. The number of halogens is 6. The number of nitrogens with zero attached hydrogens (tertiary/aromatic N) is 1. The molecule has 1 aliphatic rings. The van der Waals surface area contributed by atoms with Crippen LogP contribution in [0.1, 0.15) is 6.42 Å². The van der Waals surface area contributed by atoms with Gasteiger partial charge >= 0.3 is 12.4 Å². The van der Waals surface area contributed by atoms with E-state index in [4.69, 9.17) is 0 Å². The van der Waals surface area contributed by atoms with E-state index in [1.54, 1.807) is 6.07 Å². The van der Waals surface area contributed by atoms with E-state index < -0.39 is 55.8 Å². The second-order valence-electron chi connectivity index (χ2n) is 7.47. The maximum atomic E-state index is 13.1. The Labute approximate surface area is 200 Å². The largest absolute Gasteiger partial charge is 0.430 e. The molecule has 1 atom stereocenters. The number of thiophene rings is 1. The Morgan fingerprint density at radius 1 is 0.971 bits per heavy atom. The zero-order chi connectivity index (χ0) is 26.4. The molecular formula is C20H17F6NO5S3. The summed E-state index contributed by atoms with van der Waals surface area (Å²) in [6.07, 6.45) is -11.1. The van der Waals surface area contributed by atoms with Gasteiger partial charge in [0.05, 0.1) is 9.79 Å². The van der Waals surface area contributed by atoms with E-state index in [0.717, 1.165) is 24.6 Å². The number of rotatable bonds is 6. The first-order valence-corrected chi connectivity index (χ1v) is 13.4. The van der Waals surface area contributed by atoms with Crippen LogP contribution < -0.4 is 0 Å². The molecule has 0 amide bonds. The van der Waals surface area contributed by atoms with Crippen LogP contribution in [0.5, 0.6) is 0 Å². The predicted octanol–water partition coefficient (Wildman–Crippen LogP) is 4.31. The predicted molar refractivity (Wildman–Crippen MR) is 114 cm³/mol. The third-order valence-electron chi connectivity index (χ3n) is 5.33. The Balaban J connectivity index is 1.86. The van der Waals surface area contributed by atoms with Crippen molar-refractivity contribution in [2.75, 3.05) is 7.05 Å². The van der Waals surface area contributed by atoms with E-state index in [-0.39, 0.29) is 14.0 Å². The number of alkyl halides is 6. The van der Waals surface area contributed by atoms with Crippen molar-refractivity contribution in [2.45, 2.75) is 44.4 Å². The molecule has 3 rings (SSSR count). The van der Waals surface area contributed by atoms with Gasteiger partial charge in [0.1, 0.15) is 4.21 Å². The fraction of sp³-hybridized carbons (Fsp3) is 0.300. The molecule has 0 saturated heterocycles. The van der Waals surface area contributed by atoms with Gasteiger partial charge in [0.25, 0.3) is 15.6 Å². The molecule has 0 saturated carbocycles. The Kier molecular flexibility index (Phi) is 7.07. The molecule has 1 aromatic heterocycles. The minimum absolute atomic E-state index is 0.0650. The maximum absolute atomic E-state index is 13.1. The van der Waals surface area contributed by atoms with Gasteiger partial charge in [0.15, 0.2) is 0 Å². The standard InChI is InChI=1S/C20H17F6NO5S3/c1-27(14-9-7-13(8-10-14)18(28,19(21,22)23)20(24,25)26)35(31,32)17-11-16(12-33-17)34(29,30)15-5-3-2-4-6-15/h2-9,11-12,14,28H,10H2,1H3. The summed E-state index contributed by atoms with van der Waals surface area (Å²) in [5, 5.41) is 10.6. The lowest BCUT2D eigenvalue weighted by atomic mass is 9.87. The van der Waals surface area contributed by atoms with Gasteiger partial charge < -0.3 is 5.11 Å². The first-order chi connectivity index (χ1) is 15.9. The van der Waals surface area contributed by atoms with Crippen LogP contribution in [0, 0.1) is 0 Å². The fourth-order valence-corrected chi connectivity index (χ4v) is 7.68. The lowest BCUT2D eigenvalue weighted by molar-refractivity contribution is -0.351. The third-order valence-corrected chi connectivity index (χ3v) is 10.5. The molecule has 35 heavy (non-hydrogen) atoms. The summed E-state index contributed by atoms with van der Waals surface area (Å²) in [6, 6.07) is 6.96. The normalized spacial score (nSPS) is 18.1. The molecule has 6 nitrogen and oxygen atoms in total. The van der Waals surface area contributed by atoms with Crippen molar-refractivity contribution in [3.05, 3.63) is 65.6 Å². The average molecular weight is 562 g/mol. The lowest BCUT2D eigenvalue weighted by Crippen LogP contribution is -2.58. The monoisotopic (exact) mass is 561 g/mol. The summed E-state index contributed by atoms with van der Waals surface area (Å²) in [4.78, 5) is -0.354. The van der Waals surface area contributed by atoms with Gasteiger partial charge in [0.2, 0.25) is 9.84 Å². The lowest BCUT2D eigenvalue weighted by Gasteiger charge is -2.35. The van der Waals surface area contributed by atoms with Crippen molar-refractivity contribution < 1.29 is 48.3 Å². The molecule has 1 aromatic carbocycles. The van der Waals surface area contributed by atoms with E-state index in [2.05, 4.69) is 0 Å². The highest BCUT2D eigenvalue weighted by molar-refractivity contribution is 7.92.